The number of para-hydroxylation sites is 1. The first-order valence-corrected chi connectivity index (χ1v) is 6.38. The smallest absolute Gasteiger partial charge is 0.224 e. The van der Waals surface area contributed by atoms with Gasteiger partial charge in [-0.05, 0) is 24.6 Å². The molecule has 1 aromatic carbocycles. The summed E-state index contributed by atoms with van der Waals surface area (Å²) in [5.74, 6) is 0.105. The molecule has 3 N–H and O–H groups in total. The molecule has 0 aliphatic carbocycles. The molecule has 94 valence electrons. The lowest BCUT2D eigenvalue weighted by Crippen LogP contribution is -2.37. The number of hydrogen-bond acceptors (Lipinski definition) is 2. The highest BCUT2D eigenvalue weighted by Crippen LogP contribution is 2.18. The van der Waals surface area contributed by atoms with Crippen LogP contribution in [0.2, 0.25) is 0 Å². The molecule has 4 heteroatoms. The predicted octanol–water partition coefficient (Wildman–Crippen LogP) is 1.19. The van der Waals surface area contributed by atoms with Crippen LogP contribution in [0.3, 0.4) is 0 Å². The molecule has 1 aromatic heterocycles. The summed E-state index contributed by atoms with van der Waals surface area (Å²) in [6, 6.07) is 8.36. The number of rotatable bonds is 3. The molecule has 2 aromatic rings. The topological polar surface area (TPSA) is 56.9 Å². The SMILES string of the molecule is O=C(Cc1c[nH]c2ccccc12)N[C@@H]1CCNC1. The van der Waals surface area contributed by atoms with Gasteiger partial charge in [0, 0.05) is 29.7 Å². The van der Waals surface area contributed by atoms with Gasteiger partial charge in [-0.15, -0.1) is 0 Å². The highest BCUT2D eigenvalue weighted by molar-refractivity contribution is 5.88. The minimum absolute atomic E-state index is 0.105. The van der Waals surface area contributed by atoms with Crippen LogP contribution in [-0.2, 0) is 11.2 Å². The molecule has 4 nitrogen and oxygen atoms in total. The number of aromatic amines is 1. The van der Waals surface area contributed by atoms with Gasteiger partial charge in [-0.3, -0.25) is 4.79 Å². The van der Waals surface area contributed by atoms with E-state index in [4.69, 9.17) is 0 Å². The summed E-state index contributed by atoms with van der Waals surface area (Å²) in [6.07, 6.45) is 3.40. The second kappa shape index (κ2) is 4.82. The third-order valence-electron chi connectivity index (χ3n) is 3.45. The molecular formula is C14H17N3O. The molecule has 1 fully saturated rings. The molecule has 1 aliphatic heterocycles. The first kappa shape index (κ1) is 11.3. The molecule has 2 heterocycles. The van der Waals surface area contributed by atoms with E-state index in [1.807, 2.05) is 30.5 Å². The standard InChI is InChI=1S/C14H17N3O/c18-14(17-11-5-6-15-9-11)7-10-8-16-13-4-2-1-3-12(10)13/h1-4,8,11,15-16H,5-7,9H2,(H,17,18)/t11-/m1/s1. The van der Waals surface area contributed by atoms with Gasteiger partial charge in [-0.25, -0.2) is 0 Å². The summed E-state index contributed by atoms with van der Waals surface area (Å²) in [5.41, 5.74) is 2.15. The van der Waals surface area contributed by atoms with Crippen molar-refractivity contribution in [3.8, 4) is 0 Å². The highest BCUT2D eigenvalue weighted by atomic mass is 16.1. The van der Waals surface area contributed by atoms with Crippen LogP contribution in [0.15, 0.2) is 30.5 Å². The highest BCUT2D eigenvalue weighted by Gasteiger charge is 2.17. The van der Waals surface area contributed by atoms with E-state index in [2.05, 4.69) is 15.6 Å². The number of fused-ring (bicyclic) bond motifs is 1. The summed E-state index contributed by atoms with van der Waals surface area (Å²) < 4.78 is 0. The van der Waals surface area contributed by atoms with Gasteiger partial charge in [0.25, 0.3) is 0 Å². The van der Waals surface area contributed by atoms with Crippen molar-refractivity contribution in [3.05, 3.63) is 36.0 Å². The Morgan fingerprint density at radius 1 is 1.39 bits per heavy atom. The van der Waals surface area contributed by atoms with Crippen LogP contribution >= 0.6 is 0 Å². The van der Waals surface area contributed by atoms with E-state index >= 15 is 0 Å². The van der Waals surface area contributed by atoms with Crippen LogP contribution in [0.25, 0.3) is 10.9 Å². The summed E-state index contributed by atoms with van der Waals surface area (Å²) >= 11 is 0. The summed E-state index contributed by atoms with van der Waals surface area (Å²) in [4.78, 5) is 15.2. The number of carbonyl (C=O) groups is 1. The Morgan fingerprint density at radius 3 is 3.11 bits per heavy atom. The largest absolute Gasteiger partial charge is 0.361 e. The fraction of sp³-hybridized carbons (Fsp3) is 0.357. The number of aromatic nitrogens is 1. The van der Waals surface area contributed by atoms with Crippen molar-refractivity contribution in [2.24, 2.45) is 0 Å². The van der Waals surface area contributed by atoms with Crippen LogP contribution in [-0.4, -0.2) is 30.0 Å². The Morgan fingerprint density at radius 2 is 2.28 bits per heavy atom. The number of carbonyl (C=O) groups excluding carboxylic acids is 1. The number of hydrogen-bond donors (Lipinski definition) is 3. The Kier molecular flexibility index (Phi) is 3.02. The molecule has 18 heavy (non-hydrogen) atoms. The maximum atomic E-state index is 12.0. The zero-order valence-electron chi connectivity index (χ0n) is 10.2. The number of H-pyrrole nitrogens is 1. The monoisotopic (exact) mass is 243 g/mol. The van der Waals surface area contributed by atoms with Gasteiger partial charge < -0.3 is 15.6 Å². The lowest BCUT2D eigenvalue weighted by atomic mass is 10.1. The van der Waals surface area contributed by atoms with Gasteiger partial charge in [0.1, 0.15) is 0 Å². The van der Waals surface area contributed by atoms with Gasteiger partial charge in [0.15, 0.2) is 0 Å². The molecular weight excluding hydrogens is 226 g/mol. The Labute approximate surface area is 106 Å². The first-order valence-electron chi connectivity index (χ1n) is 6.38. The second-order valence-corrected chi connectivity index (χ2v) is 4.79. The number of amides is 1. The lowest BCUT2D eigenvalue weighted by molar-refractivity contribution is -0.121. The molecule has 1 atom stereocenters. The van der Waals surface area contributed by atoms with Crippen LogP contribution in [0.4, 0.5) is 0 Å². The van der Waals surface area contributed by atoms with Crippen molar-refractivity contribution in [2.75, 3.05) is 13.1 Å². The Balaban J connectivity index is 1.70. The summed E-state index contributed by atoms with van der Waals surface area (Å²) in [6.45, 7) is 1.89. The van der Waals surface area contributed by atoms with Gasteiger partial charge in [0.2, 0.25) is 5.91 Å². The maximum absolute atomic E-state index is 12.0. The average molecular weight is 243 g/mol. The minimum Gasteiger partial charge on any atom is -0.361 e. The fourth-order valence-electron chi connectivity index (χ4n) is 2.51. The van der Waals surface area contributed by atoms with Gasteiger partial charge >= 0.3 is 0 Å². The quantitative estimate of drug-likeness (QED) is 0.758. The normalized spacial score (nSPS) is 19.2. The van der Waals surface area contributed by atoms with E-state index in [9.17, 15) is 4.79 Å². The van der Waals surface area contributed by atoms with Crippen LogP contribution in [0, 0.1) is 0 Å². The van der Waals surface area contributed by atoms with E-state index in [0.29, 0.717) is 12.5 Å². The van der Waals surface area contributed by atoms with Crippen LogP contribution < -0.4 is 10.6 Å². The molecule has 3 rings (SSSR count). The zero-order valence-corrected chi connectivity index (χ0v) is 10.2. The zero-order chi connectivity index (χ0) is 12.4. The van der Waals surface area contributed by atoms with E-state index in [1.54, 1.807) is 0 Å². The van der Waals surface area contributed by atoms with Crippen molar-refractivity contribution in [1.82, 2.24) is 15.6 Å². The molecule has 0 spiro atoms. The molecule has 1 amide bonds. The molecule has 1 aliphatic rings. The Bertz CT molecular complexity index is 555. The maximum Gasteiger partial charge on any atom is 0.224 e. The molecule has 0 bridgehead atoms. The minimum atomic E-state index is 0.105. The molecule has 1 saturated heterocycles. The van der Waals surface area contributed by atoms with Crippen molar-refractivity contribution in [1.29, 1.82) is 0 Å². The summed E-state index contributed by atoms with van der Waals surface area (Å²) in [5, 5.41) is 7.45. The van der Waals surface area contributed by atoms with E-state index in [-0.39, 0.29) is 5.91 Å². The van der Waals surface area contributed by atoms with Gasteiger partial charge in [-0.1, -0.05) is 18.2 Å². The van der Waals surface area contributed by atoms with Crippen molar-refractivity contribution < 1.29 is 4.79 Å². The third kappa shape index (κ3) is 2.24. The van der Waals surface area contributed by atoms with Crippen LogP contribution in [0.5, 0.6) is 0 Å². The van der Waals surface area contributed by atoms with Gasteiger partial charge in [-0.2, -0.15) is 0 Å². The molecule has 0 saturated carbocycles. The van der Waals surface area contributed by atoms with E-state index < -0.39 is 0 Å². The third-order valence-corrected chi connectivity index (χ3v) is 3.45. The average Bonchev–Trinajstić information content (AvgIpc) is 3.00. The summed E-state index contributed by atoms with van der Waals surface area (Å²) in [7, 11) is 0. The van der Waals surface area contributed by atoms with Crippen molar-refractivity contribution >= 4 is 16.8 Å². The van der Waals surface area contributed by atoms with Crippen molar-refractivity contribution in [2.45, 2.75) is 18.9 Å². The van der Waals surface area contributed by atoms with E-state index in [0.717, 1.165) is 36.0 Å². The van der Waals surface area contributed by atoms with E-state index in [1.165, 1.54) is 0 Å². The first-order chi connectivity index (χ1) is 8.83. The second-order valence-electron chi connectivity index (χ2n) is 4.79. The fourth-order valence-corrected chi connectivity index (χ4v) is 2.51. The molecule has 0 unspecified atom stereocenters. The number of benzene rings is 1. The molecule has 0 radical (unpaired) electrons. The van der Waals surface area contributed by atoms with Gasteiger partial charge in [0.05, 0.1) is 6.42 Å². The lowest BCUT2D eigenvalue weighted by Gasteiger charge is -2.10. The van der Waals surface area contributed by atoms with Crippen molar-refractivity contribution in [3.63, 3.8) is 0 Å². The Hall–Kier alpha value is -1.81. The number of nitrogens with one attached hydrogen (secondary N) is 3. The predicted molar refractivity (Wildman–Crippen MR) is 71.4 cm³/mol. The van der Waals surface area contributed by atoms with Crippen LogP contribution in [0.1, 0.15) is 12.0 Å².